The summed E-state index contributed by atoms with van der Waals surface area (Å²) in [5.41, 5.74) is 0. The van der Waals surface area contributed by atoms with E-state index in [4.69, 9.17) is 0 Å². The van der Waals surface area contributed by atoms with Gasteiger partial charge in [-0.1, -0.05) is 67.2 Å². The van der Waals surface area contributed by atoms with Crippen LogP contribution in [-0.4, -0.2) is 0 Å². The van der Waals surface area contributed by atoms with Crippen molar-refractivity contribution in [3.63, 3.8) is 0 Å². The Labute approximate surface area is 122 Å². The quantitative estimate of drug-likeness (QED) is 0.421. The molecule has 0 bridgehead atoms. The van der Waals surface area contributed by atoms with E-state index < -0.39 is 0 Å². The van der Waals surface area contributed by atoms with Crippen LogP contribution < -0.4 is 0 Å². The molecule has 1 aliphatic carbocycles. The summed E-state index contributed by atoms with van der Waals surface area (Å²) in [5.74, 6) is 5.82. The van der Waals surface area contributed by atoms with Crippen molar-refractivity contribution in [1.82, 2.24) is 0 Å². The van der Waals surface area contributed by atoms with Gasteiger partial charge >= 0.3 is 0 Å². The normalized spacial score (nSPS) is 28.7. The lowest BCUT2D eigenvalue weighted by Gasteiger charge is -2.23. The van der Waals surface area contributed by atoms with Crippen LogP contribution >= 0.6 is 0 Å². The summed E-state index contributed by atoms with van der Waals surface area (Å²) in [6.07, 6.45) is 10.1. The van der Waals surface area contributed by atoms with Gasteiger partial charge in [0, 0.05) is 0 Å². The third kappa shape index (κ3) is 6.82. The molecular formula is C19H38. The molecule has 0 nitrogen and oxygen atoms in total. The van der Waals surface area contributed by atoms with Gasteiger partial charge in [0.1, 0.15) is 0 Å². The summed E-state index contributed by atoms with van der Waals surface area (Å²) in [6, 6.07) is 0. The molecule has 1 rings (SSSR count). The highest BCUT2D eigenvalue weighted by Crippen LogP contribution is 2.44. The first kappa shape index (κ1) is 17.1. The third-order valence-corrected chi connectivity index (χ3v) is 5.79. The molecule has 6 atom stereocenters. The van der Waals surface area contributed by atoms with Crippen LogP contribution in [0.3, 0.4) is 0 Å². The molecule has 114 valence electrons. The van der Waals surface area contributed by atoms with Crippen LogP contribution in [0.5, 0.6) is 0 Å². The van der Waals surface area contributed by atoms with Crippen molar-refractivity contribution in [2.24, 2.45) is 35.5 Å². The van der Waals surface area contributed by atoms with Crippen LogP contribution in [0.1, 0.15) is 86.5 Å². The van der Waals surface area contributed by atoms with E-state index in [1.54, 1.807) is 0 Å². The van der Waals surface area contributed by atoms with E-state index in [-0.39, 0.29) is 0 Å². The Hall–Kier alpha value is 0. The molecule has 0 spiro atoms. The molecule has 1 aliphatic rings. The van der Waals surface area contributed by atoms with Crippen LogP contribution in [0.2, 0.25) is 0 Å². The zero-order chi connectivity index (χ0) is 14.4. The Kier molecular flexibility index (Phi) is 7.47. The molecule has 0 aromatic heterocycles. The molecule has 0 radical (unpaired) electrons. The maximum atomic E-state index is 2.49. The molecule has 0 heteroatoms. The van der Waals surface area contributed by atoms with Gasteiger partial charge in [-0.05, 0) is 54.8 Å². The molecule has 19 heavy (non-hydrogen) atoms. The van der Waals surface area contributed by atoms with E-state index in [9.17, 15) is 0 Å². The molecule has 0 aromatic carbocycles. The van der Waals surface area contributed by atoms with Crippen LogP contribution in [0.4, 0.5) is 0 Å². The maximum absolute atomic E-state index is 2.49. The molecule has 1 fully saturated rings. The highest BCUT2D eigenvalue weighted by molar-refractivity contribution is 4.84. The van der Waals surface area contributed by atoms with Gasteiger partial charge in [-0.3, -0.25) is 0 Å². The topological polar surface area (TPSA) is 0 Å². The average molecular weight is 267 g/mol. The van der Waals surface area contributed by atoms with Gasteiger partial charge in [-0.25, -0.2) is 0 Å². The summed E-state index contributed by atoms with van der Waals surface area (Å²) in [7, 11) is 0. The summed E-state index contributed by atoms with van der Waals surface area (Å²) >= 11 is 0. The monoisotopic (exact) mass is 266 g/mol. The first-order valence-corrected chi connectivity index (χ1v) is 8.93. The zero-order valence-corrected chi connectivity index (χ0v) is 14.4. The Morgan fingerprint density at radius 3 is 2.05 bits per heavy atom. The van der Waals surface area contributed by atoms with Crippen LogP contribution in [-0.2, 0) is 0 Å². The van der Waals surface area contributed by atoms with Crippen molar-refractivity contribution in [2.45, 2.75) is 86.5 Å². The lowest BCUT2D eigenvalue weighted by Crippen LogP contribution is -2.13. The Morgan fingerprint density at radius 2 is 1.53 bits per heavy atom. The Balaban J connectivity index is 2.10. The average Bonchev–Trinajstić information content (AvgIpc) is 3.04. The van der Waals surface area contributed by atoms with E-state index >= 15 is 0 Å². The smallest absolute Gasteiger partial charge is 0.0383 e. The first-order valence-electron chi connectivity index (χ1n) is 8.93. The summed E-state index contributed by atoms with van der Waals surface area (Å²) in [6.45, 7) is 14.6. The van der Waals surface area contributed by atoms with Gasteiger partial charge in [0.2, 0.25) is 0 Å². The minimum Gasteiger partial charge on any atom is -0.0651 e. The number of hydrogen-bond acceptors (Lipinski definition) is 0. The number of hydrogen-bond donors (Lipinski definition) is 0. The van der Waals surface area contributed by atoms with Crippen molar-refractivity contribution < 1.29 is 0 Å². The van der Waals surface area contributed by atoms with Crippen molar-refractivity contribution in [3.05, 3.63) is 0 Å². The molecule has 0 amide bonds. The van der Waals surface area contributed by atoms with E-state index in [1.807, 2.05) is 0 Å². The lowest BCUT2D eigenvalue weighted by molar-refractivity contribution is 0.275. The van der Waals surface area contributed by atoms with Gasteiger partial charge in [0.25, 0.3) is 0 Å². The minimum atomic E-state index is 0.923. The van der Waals surface area contributed by atoms with Crippen LogP contribution in [0.25, 0.3) is 0 Å². The maximum Gasteiger partial charge on any atom is -0.0383 e. The van der Waals surface area contributed by atoms with E-state index in [2.05, 4.69) is 41.5 Å². The third-order valence-electron chi connectivity index (χ3n) is 5.79. The van der Waals surface area contributed by atoms with Gasteiger partial charge < -0.3 is 0 Å². The van der Waals surface area contributed by atoms with Crippen LogP contribution in [0, 0.1) is 35.5 Å². The van der Waals surface area contributed by atoms with Crippen molar-refractivity contribution >= 4 is 0 Å². The highest BCUT2D eigenvalue weighted by Gasteiger charge is 2.34. The Bertz CT molecular complexity index is 232. The molecule has 6 unspecified atom stereocenters. The molecule has 0 aromatic rings. The predicted molar refractivity (Wildman–Crippen MR) is 87.3 cm³/mol. The fourth-order valence-electron chi connectivity index (χ4n) is 3.44. The van der Waals surface area contributed by atoms with Gasteiger partial charge in [0.05, 0.1) is 0 Å². The highest BCUT2D eigenvalue weighted by atomic mass is 14.4. The molecule has 0 heterocycles. The van der Waals surface area contributed by atoms with E-state index in [1.165, 1.54) is 44.9 Å². The van der Waals surface area contributed by atoms with Crippen molar-refractivity contribution in [1.29, 1.82) is 0 Å². The van der Waals surface area contributed by atoms with E-state index in [0.29, 0.717) is 0 Å². The summed E-state index contributed by atoms with van der Waals surface area (Å²) in [5, 5.41) is 0. The van der Waals surface area contributed by atoms with Crippen LogP contribution in [0.15, 0.2) is 0 Å². The number of rotatable bonds is 10. The second-order valence-corrected chi connectivity index (χ2v) is 7.95. The lowest BCUT2D eigenvalue weighted by atomic mass is 9.82. The minimum absolute atomic E-state index is 0.923. The Morgan fingerprint density at radius 1 is 0.947 bits per heavy atom. The summed E-state index contributed by atoms with van der Waals surface area (Å²) < 4.78 is 0. The summed E-state index contributed by atoms with van der Waals surface area (Å²) in [4.78, 5) is 0. The van der Waals surface area contributed by atoms with Crippen molar-refractivity contribution in [2.75, 3.05) is 0 Å². The molecule has 0 saturated heterocycles. The SMILES string of the molecule is CCC(C)CCCC(C)CC(C)C(C)CC1CC1C. The molecular weight excluding hydrogens is 228 g/mol. The molecule has 0 aliphatic heterocycles. The second-order valence-electron chi connectivity index (χ2n) is 7.95. The standard InChI is InChI=1S/C19H38/c1-7-14(2)9-8-10-15(3)11-16(4)17(5)12-19-13-18(19)6/h14-19H,7-13H2,1-6H3. The van der Waals surface area contributed by atoms with Gasteiger partial charge in [-0.15, -0.1) is 0 Å². The van der Waals surface area contributed by atoms with Crippen molar-refractivity contribution in [3.8, 4) is 0 Å². The fraction of sp³-hybridized carbons (Fsp3) is 1.00. The second kappa shape index (κ2) is 8.32. The van der Waals surface area contributed by atoms with Gasteiger partial charge in [0.15, 0.2) is 0 Å². The molecule has 1 saturated carbocycles. The molecule has 0 N–H and O–H groups in total. The largest absolute Gasteiger partial charge is 0.0651 e. The van der Waals surface area contributed by atoms with E-state index in [0.717, 1.165) is 35.5 Å². The fourth-order valence-corrected chi connectivity index (χ4v) is 3.44. The first-order chi connectivity index (χ1) is 8.93. The zero-order valence-electron chi connectivity index (χ0n) is 14.4. The predicted octanol–water partition coefficient (Wildman–Crippen LogP) is 6.55. The van der Waals surface area contributed by atoms with Gasteiger partial charge in [-0.2, -0.15) is 0 Å².